The van der Waals surface area contributed by atoms with Gasteiger partial charge in [-0.2, -0.15) is 0 Å². The van der Waals surface area contributed by atoms with Crippen LogP contribution in [0.1, 0.15) is 46.0 Å². The summed E-state index contributed by atoms with van der Waals surface area (Å²) in [6.07, 6.45) is 2.29. The van der Waals surface area contributed by atoms with Crippen LogP contribution in [0.5, 0.6) is 0 Å². The Labute approximate surface area is 96.4 Å². The Morgan fingerprint density at radius 3 is 2.25 bits per heavy atom. The van der Waals surface area contributed by atoms with Crippen molar-refractivity contribution in [2.75, 3.05) is 7.11 Å². The lowest BCUT2D eigenvalue weighted by atomic mass is 9.93. The molecule has 1 atom stereocenters. The zero-order chi connectivity index (χ0) is 12.6. The standard InChI is InChI=1S/C12H20O4/c1-4-6-7-11(14)10(12(15)16-3)8-9(13)5-2/h10H,4-8H2,1-3H3. The number of hydrogen-bond donors (Lipinski definition) is 0. The van der Waals surface area contributed by atoms with Crippen molar-refractivity contribution in [2.45, 2.75) is 46.0 Å². The lowest BCUT2D eigenvalue weighted by molar-refractivity contribution is -0.151. The molecule has 0 aromatic heterocycles. The Morgan fingerprint density at radius 2 is 1.81 bits per heavy atom. The molecular formula is C12H20O4. The molecule has 1 unspecified atom stereocenters. The monoisotopic (exact) mass is 228 g/mol. The fourth-order valence-corrected chi connectivity index (χ4v) is 1.37. The number of rotatable bonds is 8. The molecule has 0 aliphatic rings. The first-order valence-corrected chi connectivity index (χ1v) is 5.69. The predicted octanol–water partition coefficient (Wildman–Crippen LogP) is 1.90. The molecule has 92 valence electrons. The SMILES string of the molecule is CCCCC(=O)C(CC(=O)CC)C(=O)OC. The molecule has 4 heteroatoms. The summed E-state index contributed by atoms with van der Waals surface area (Å²) in [4.78, 5) is 34.3. The maximum atomic E-state index is 11.7. The summed E-state index contributed by atoms with van der Waals surface area (Å²) in [5.74, 6) is -1.76. The second-order valence-corrected chi connectivity index (χ2v) is 3.74. The summed E-state index contributed by atoms with van der Waals surface area (Å²) in [5.41, 5.74) is 0. The van der Waals surface area contributed by atoms with E-state index in [9.17, 15) is 14.4 Å². The van der Waals surface area contributed by atoms with Gasteiger partial charge in [0.05, 0.1) is 7.11 Å². The summed E-state index contributed by atoms with van der Waals surface area (Å²) < 4.78 is 4.55. The number of esters is 1. The van der Waals surface area contributed by atoms with Crippen LogP contribution in [0.3, 0.4) is 0 Å². The molecule has 0 N–H and O–H groups in total. The summed E-state index contributed by atoms with van der Waals surface area (Å²) >= 11 is 0. The van der Waals surface area contributed by atoms with Gasteiger partial charge in [0.15, 0.2) is 0 Å². The average molecular weight is 228 g/mol. The molecule has 0 aromatic rings. The van der Waals surface area contributed by atoms with E-state index in [-0.39, 0.29) is 18.0 Å². The van der Waals surface area contributed by atoms with Crippen LogP contribution < -0.4 is 0 Å². The van der Waals surface area contributed by atoms with E-state index >= 15 is 0 Å². The third kappa shape index (κ3) is 5.05. The minimum absolute atomic E-state index is 0.0221. The van der Waals surface area contributed by atoms with Crippen LogP contribution in [0.15, 0.2) is 0 Å². The molecule has 0 spiro atoms. The number of ether oxygens (including phenoxy) is 1. The van der Waals surface area contributed by atoms with Gasteiger partial charge in [0.2, 0.25) is 0 Å². The molecule has 0 amide bonds. The minimum atomic E-state index is -0.899. The molecule has 16 heavy (non-hydrogen) atoms. The van der Waals surface area contributed by atoms with Crippen LogP contribution in [-0.4, -0.2) is 24.6 Å². The van der Waals surface area contributed by atoms with E-state index in [0.717, 1.165) is 12.8 Å². The van der Waals surface area contributed by atoms with Crippen molar-refractivity contribution in [2.24, 2.45) is 5.92 Å². The van der Waals surface area contributed by atoms with Crippen LogP contribution in [0, 0.1) is 5.92 Å². The average Bonchev–Trinajstić information content (AvgIpc) is 2.31. The smallest absolute Gasteiger partial charge is 0.316 e. The van der Waals surface area contributed by atoms with Crippen molar-refractivity contribution in [3.63, 3.8) is 0 Å². The maximum absolute atomic E-state index is 11.7. The van der Waals surface area contributed by atoms with Crippen molar-refractivity contribution in [3.8, 4) is 0 Å². The Hall–Kier alpha value is -1.19. The molecule has 4 nitrogen and oxygen atoms in total. The van der Waals surface area contributed by atoms with Gasteiger partial charge in [0.25, 0.3) is 0 Å². The van der Waals surface area contributed by atoms with Gasteiger partial charge < -0.3 is 4.74 Å². The van der Waals surface area contributed by atoms with Crippen molar-refractivity contribution in [3.05, 3.63) is 0 Å². The normalized spacial score (nSPS) is 11.9. The minimum Gasteiger partial charge on any atom is -0.468 e. The molecule has 0 saturated carbocycles. The molecule has 0 heterocycles. The van der Waals surface area contributed by atoms with Gasteiger partial charge in [-0.15, -0.1) is 0 Å². The van der Waals surface area contributed by atoms with Gasteiger partial charge in [-0.25, -0.2) is 0 Å². The second-order valence-electron chi connectivity index (χ2n) is 3.74. The zero-order valence-electron chi connectivity index (χ0n) is 10.2. The third-order valence-electron chi connectivity index (χ3n) is 2.48. The highest BCUT2D eigenvalue weighted by molar-refractivity contribution is 6.02. The van der Waals surface area contributed by atoms with Crippen molar-refractivity contribution in [1.82, 2.24) is 0 Å². The lowest BCUT2D eigenvalue weighted by Crippen LogP contribution is -2.27. The Bertz CT molecular complexity index is 258. The molecule has 0 aliphatic heterocycles. The highest BCUT2D eigenvalue weighted by Gasteiger charge is 2.28. The van der Waals surface area contributed by atoms with Gasteiger partial charge in [0, 0.05) is 19.3 Å². The van der Waals surface area contributed by atoms with Crippen LogP contribution in [-0.2, 0) is 19.1 Å². The van der Waals surface area contributed by atoms with E-state index < -0.39 is 11.9 Å². The molecule has 0 bridgehead atoms. The van der Waals surface area contributed by atoms with Crippen LogP contribution >= 0.6 is 0 Å². The molecule has 0 radical (unpaired) electrons. The fourth-order valence-electron chi connectivity index (χ4n) is 1.37. The quantitative estimate of drug-likeness (QED) is 0.470. The third-order valence-corrected chi connectivity index (χ3v) is 2.48. The number of carbonyl (C=O) groups is 3. The van der Waals surface area contributed by atoms with Crippen LogP contribution in [0.4, 0.5) is 0 Å². The summed E-state index contributed by atoms with van der Waals surface area (Å²) in [7, 11) is 1.23. The van der Waals surface area contributed by atoms with Gasteiger partial charge in [-0.1, -0.05) is 20.3 Å². The van der Waals surface area contributed by atoms with E-state index in [1.54, 1.807) is 6.92 Å². The molecule has 0 rings (SSSR count). The van der Waals surface area contributed by atoms with Crippen molar-refractivity contribution >= 4 is 17.5 Å². The Kier molecular flexibility index (Phi) is 7.42. The highest BCUT2D eigenvalue weighted by Crippen LogP contribution is 2.13. The molecule has 0 saturated heterocycles. The number of Topliss-reactive ketones (excluding diaryl/α,β-unsaturated/α-hetero) is 2. The van der Waals surface area contributed by atoms with Gasteiger partial charge in [-0.3, -0.25) is 14.4 Å². The molecule has 0 aromatic carbocycles. The maximum Gasteiger partial charge on any atom is 0.316 e. The molecule has 0 fully saturated rings. The summed E-state index contributed by atoms with van der Waals surface area (Å²) in [6.45, 7) is 3.69. The summed E-state index contributed by atoms with van der Waals surface area (Å²) in [6, 6.07) is 0. The molecular weight excluding hydrogens is 208 g/mol. The first-order valence-electron chi connectivity index (χ1n) is 5.69. The lowest BCUT2D eigenvalue weighted by Gasteiger charge is -2.12. The largest absolute Gasteiger partial charge is 0.468 e. The fraction of sp³-hybridized carbons (Fsp3) is 0.750. The van der Waals surface area contributed by atoms with E-state index in [1.807, 2.05) is 6.92 Å². The van der Waals surface area contributed by atoms with E-state index in [0.29, 0.717) is 12.8 Å². The topological polar surface area (TPSA) is 60.4 Å². The van der Waals surface area contributed by atoms with Crippen LogP contribution in [0.2, 0.25) is 0 Å². The zero-order valence-corrected chi connectivity index (χ0v) is 10.2. The van der Waals surface area contributed by atoms with Gasteiger partial charge in [-0.05, 0) is 6.42 Å². The van der Waals surface area contributed by atoms with Gasteiger partial charge in [0.1, 0.15) is 17.5 Å². The second kappa shape index (κ2) is 8.02. The number of methoxy groups -OCH3 is 1. The van der Waals surface area contributed by atoms with Crippen molar-refractivity contribution in [1.29, 1.82) is 0 Å². The first kappa shape index (κ1) is 14.8. The van der Waals surface area contributed by atoms with Crippen LogP contribution in [0.25, 0.3) is 0 Å². The Balaban J connectivity index is 4.47. The van der Waals surface area contributed by atoms with E-state index in [4.69, 9.17) is 0 Å². The highest BCUT2D eigenvalue weighted by atomic mass is 16.5. The molecule has 0 aliphatic carbocycles. The van der Waals surface area contributed by atoms with E-state index in [1.165, 1.54) is 7.11 Å². The first-order chi connectivity index (χ1) is 7.56. The predicted molar refractivity (Wildman–Crippen MR) is 60.0 cm³/mol. The Morgan fingerprint density at radius 1 is 1.19 bits per heavy atom. The van der Waals surface area contributed by atoms with Crippen molar-refractivity contribution < 1.29 is 19.1 Å². The number of unbranched alkanes of at least 4 members (excludes halogenated alkanes) is 1. The van der Waals surface area contributed by atoms with Gasteiger partial charge >= 0.3 is 5.97 Å². The number of hydrogen-bond acceptors (Lipinski definition) is 4. The number of carbonyl (C=O) groups excluding carboxylic acids is 3. The summed E-state index contributed by atoms with van der Waals surface area (Å²) in [5, 5.41) is 0. The van der Waals surface area contributed by atoms with E-state index in [2.05, 4.69) is 4.74 Å². The number of ketones is 2.